The number of aromatic amines is 2. The molecule has 5 heteroatoms. The van der Waals surface area contributed by atoms with Gasteiger partial charge in [0, 0.05) is 63.8 Å². The van der Waals surface area contributed by atoms with Crippen LogP contribution in [0.3, 0.4) is 0 Å². The summed E-state index contributed by atoms with van der Waals surface area (Å²) in [5, 5.41) is 0. The first kappa shape index (κ1) is 17.4. The van der Waals surface area contributed by atoms with E-state index in [2.05, 4.69) is 19.8 Å². The van der Waals surface area contributed by atoms with E-state index >= 15 is 0 Å². The lowest BCUT2D eigenvalue weighted by Crippen LogP contribution is -3.00. The summed E-state index contributed by atoms with van der Waals surface area (Å²) in [6, 6.07) is 8.11. The lowest BCUT2D eigenvalue weighted by Gasteiger charge is -2.08. The topological polar surface area (TPSA) is 34.8 Å². The van der Waals surface area contributed by atoms with Crippen molar-refractivity contribution in [1.82, 2.24) is 0 Å². The third-order valence-electron chi connectivity index (χ3n) is 2.43. The fourth-order valence-electron chi connectivity index (χ4n) is 1.35. The smallest absolute Gasteiger partial charge is 0.169 e. The van der Waals surface area contributed by atoms with Crippen LogP contribution in [0.15, 0.2) is 49.1 Å². The summed E-state index contributed by atoms with van der Waals surface area (Å²) in [5.74, 6) is 0. The Hall–Kier alpha value is -1.62. The normalized spacial score (nSPS) is 8.63. The maximum atomic E-state index is 2.96. The molecule has 2 rings (SSSR count). The first-order valence-corrected chi connectivity index (χ1v) is 5.88. The number of H-pyrrole nitrogens is 2. The molecule has 0 saturated carbocycles. The van der Waals surface area contributed by atoms with Gasteiger partial charge < -0.3 is 28.2 Å². The Morgan fingerprint density at radius 3 is 1.11 bits per heavy atom. The van der Waals surface area contributed by atoms with Crippen LogP contribution in [-0.2, 0) is 0 Å². The van der Waals surface area contributed by atoms with Gasteiger partial charge in [0.1, 0.15) is 0 Å². The molecule has 0 bridgehead atoms. The van der Waals surface area contributed by atoms with Gasteiger partial charge >= 0.3 is 0 Å². The fraction of sp³-hybridized carbons (Fsp3) is 0.286. The third kappa shape index (κ3) is 6.76. The first-order chi connectivity index (χ1) is 8.61. The maximum Gasteiger partial charge on any atom is 0.169 e. The maximum absolute atomic E-state index is 2.96. The van der Waals surface area contributed by atoms with Gasteiger partial charge in [0.05, 0.1) is 0 Å². The fourth-order valence-corrected chi connectivity index (χ4v) is 1.35. The van der Waals surface area contributed by atoms with E-state index in [1.54, 1.807) is 0 Å². The lowest BCUT2D eigenvalue weighted by atomic mass is 10.4. The van der Waals surface area contributed by atoms with Crippen molar-refractivity contribution in [3.63, 3.8) is 0 Å². The summed E-state index contributed by atoms with van der Waals surface area (Å²) < 4.78 is 0. The molecule has 0 atom stereocenters. The summed E-state index contributed by atoms with van der Waals surface area (Å²) in [6.07, 6.45) is 7.65. The summed E-state index contributed by atoms with van der Waals surface area (Å²) in [5.41, 5.74) is 2.43. The molecule has 2 N–H and O–H groups in total. The molecule has 0 aliphatic heterocycles. The minimum Gasteiger partial charge on any atom is -1.00 e. The molecule has 2 heterocycles. The predicted molar refractivity (Wildman–Crippen MR) is 75.8 cm³/mol. The molecule has 4 nitrogen and oxygen atoms in total. The number of halogens is 1. The minimum atomic E-state index is 0. The summed E-state index contributed by atoms with van der Waals surface area (Å²) in [4.78, 5) is 10.0. The van der Waals surface area contributed by atoms with Crippen LogP contribution < -0.4 is 36.7 Å². The van der Waals surface area contributed by atoms with Crippen LogP contribution in [0.1, 0.15) is 1.43 Å². The van der Waals surface area contributed by atoms with E-state index in [4.69, 9.17) is 0 Å². The molecule has 0 fully saturated rings. The van der Waals surface area contributed by atoms with E-state index in [1.165, 1.54) is 11.4 Å². The highest BCUT2D eigenvalue weighted by molar-refractivity contribution is 5.41. The van der Waals surface area contributed by atoms with Gasteiger partial charge in [-0.05, 0) is 0 Å². The molecule has 2 aromatic rings. The average Bonchev–Trinajstić information content (AvgIpc) is 2.41. The highest BCUT2D eigenvalue weighted by Crippen LogP contribution is 2.04. The predicted octanol–water partition coefficient (Wildman–Crippen LogP) is -1.75. The van der Waals surface area contributed by atoms with Crippen molar-refractivity contribution in [2.24, 2.45) is 0 Å². The van der Waals surface area contributed by atoms with Gasteiger partial charge in [-0.2, -0.15) is 0 Å². The van der Waals surface area contributed by atoms with Gasteiger partial charge in [-0.15, -0.1) is 0 Å². The van der Waals surface area contributed by atoms with Crippen molar-refractivity contribution < 1.29 is 28.4 Å². The molecule has 106 valence electrons. The Morgan fingerprint density at radius 1 is 0.684 bits per heavy atom. The number of hydrogen-bond acceptors (Lipinski definition) is 2. The molecular formula is C14H23BrN4. The molecule has 2 aromatic heterocycles. The van der Waals surface area contributed by atoms with Crippen molar-refractivity contribution in [2.75, 3.05) is 38.0 Å². The van der Waals surface area contributed by atoms with Crippen molar-refractivity contribution in [3.05, 3.63) is 49.1 Å². The van der Waals surface area contributed by atoms with E-state index in [-0.39, 0.29) is 18.4 Å². The Morgan fingerprint density at radius 2 is 0.947 bits per heavy atom. The number of anilines is 2. The van der Waals surface area contributed by atoms with Crippen LogP contribution in [0.5, 0.6) is 0 Å². The third-order valence-corrected chi connectivity index (χ3v) is 2.43. The SMILES string of the molecule is CN(C)c1cc[nH+]cc1.CN(C)c1cc[nH+]cc1.[Br-].[H-]. The highest BCUT2D eigenvalue weighted by Gasteiger charge is 1.92. The standard InChI is InChI=1S/2C7H10N2.BrH.H/c2*1-9(2)7-3-5-8-6-4-7;;/h2*3-6H,1-2H3;1H;/q;;;-1/p+1. The zero-order valence-corrected chi connectivity index (χ0v) is 13.5. The molecule has 0 spiro atoms. The van der Waals surface area contributed by atoms with Crippen molar-refractivity contribution >= 4 is 11.4 Å². The van der Waals surface area contributed by atoms with Gasteiger partial charge in [0.2, 0.25) is 0 Å². The number of nitrogens with zero attached hydrogens (tertiary/aromatic N) is 2. The summed E-state index contributed by atoms with van der Waals surface area (Å²) in [6.45, 7) is 0. The number of rotatable bonds is 2. The van der Waals surface area contributed by atoms with Crippen LogP contribution in [0.25, 0.3) is 0 Å². The quantitative estimate of drug-likeness (QED) is 0.656. The van der Waals surface area contributed by atoms with Crippen LogP contribution in [0.2, 0.25) is 0 Å². The Labute approximate surface area is 127 Å². The van der Waals surface area contributed by atoms with Crippen molar-refractivity contribution in [1.29, 1.82) is 0 Å². The van der Waals surface area contributed by atoms with Gasteiger partial charge in [-0.1, -0.05) is 0 Å². The van der Waals surface area contributed by atoms with Gasteiger partial charge in [0.15, 0.2) is 24.8 Å². The molecule has 0 unspecified atom stereocenters. The molecular weight excluding hydrogens is 304 g/mol. The second-order valence-electron chi connectivity index (χ2n) is 4.31. The number of pyridine rings is 2. The van der Waals surface area contributed by atoms with E-state index in [1.807, 2.05) is 77.2 Å². The largest absolute Gasteiger partial charge is 1.00 e. The summed E-state index contributed by atoms with van der Waals surface area (Å²) in [7, 11) is 8.09. The average molecular weight is 327 g/mol. The van der Waals surface area contributed by atoms with Gasteiger partial charge in [-0.3, -0.25) is 0 Å². The minimum absolute atomic E-state index is 0. The van der Waals surface area contributed by atoms with Gasteiger partial charge in [-0.25, -0.2) is 9.97 Å². The second kappa shape index (κ2) is 9.33. The number of nitrogens with one attached hydrogen (secondary N) is 2. The molecule has 19 heavy (non-hydrogen) atoms. The number of hydrogen-bond donors (Lipinski definition) is 0. The van der Waals surface area contributed by atoms with E-state index < -0.39 is 0 Å². The lowest BCUT2D eigenvalue weighted by molar-refractivity contribution is -0.378. The van der Waals surface area contributed by atoms with Crippen LogP contribution in [-0.4, -0.2) is 28.2 Å². The molecule has 0 radical (unpaired) electrons. The Bertz CT molecular complexity index is 394. The van der Waals surface area contributed by atoms with Crippen LogP contribution in [0, 0.1) is 0 Å². The number of aromatic nitrogens is 2. The molecule has 0 aromatic carbocycles. The van der Waals surface area contributed by atoms with Crippen molar-refractivity contribution in [3.8, 4) is 0 Å². The summed E-state index contributed by atoms with van der Waals surface area (Å²) >= 11 is 0. The van der Waals surface area contributed by atoms with E-state index in [0.29, 0.717) is 0 Å². The van der Waals surface area contributed by atoms with E-state index in [9.17, 15) is 0 Å². The monoisotopic (exact) mass is 326 g/mol. The molecule has 0 amide bonds. The molecule has 0 saturated heterocycles. The first-order valence-electron chi connectivity index (χ1n) is 5.88. The van der Waals surface area contributed by atoms with Gasteiger partial charge in [0.25, 0.3) is 0 Å². The Kier molecular flexibility index (Phi) is 8.53. The highest BCUT2D eigenvalue weighted by atomic mass is 79.9. The van der Waals surface area contributed by atoms with Crippen molar-refractivity contribution in [2.45, 2.75) is 0 Å². The molecule has 0 aliphatic carbocycles. The Balaban J connectivity index is 0. The van der Waals surface area contributed by atoms with E-state index in [0.717, 1.165) is 0 Å². The van der Waals surface area contributed by atoms with Crippen LogP contribution in [0.4, 0.5) is 11.4 Å². The zero-order valence-electron chi connectivity index (χ0n) is 12.9. The second-order valence-corrected chi connectivity index (χ2v) is 4.31. The molecule has 0 aliphatic rings. The zero-order chi connectivity index (χ0) is 13.4. The van der Waals surface area contributed by atoms with Crippen LogP contribution >= 0.6 is 0 Å².